The SMILES string of the molecule is CC1(C)CC(OC(=O)C2CC(C(=O)OC3CC(C)(C)NC(C)(C)C3)CC(C(=O)OC3CC(C)(C)N(O)C(C)(C)C3)C2)CC(C)(C)N1. The van der Waals surface area contributed by atoms with Gasteiger partial charge in [0.1, 0.15) is 18.3 Å². The predicted octanol–water partition coefficient (Wildman–Crippen LogP) is 5.68. The van der Waals surface area contributed by atoms with Gasteiger partial charge in [0.25, 0.3) is 0 Å². The molecule has 0 spiro atoms. The second-order valence-corrected chi connectivity index (χ2v) is 18.9. The maximum atomic E-state index is 13.8. The summed E-state index contributed by atoms with van der Waals surface area (Å²) in [7, 11) is 0. The first-order chi connectivity index (χ1) is 20.8. The molecule has 264 valence electrons. The van der Waals surface area contributed by atoms with E-state index in [1.54, 1.807) is 0 Å². The number of piperidine rings is 3. The number of hydrogen-bond acceptors (Lipinski definition) is 10. The highest BCUT2D eigenvalue weighted by Crippen LogP contribution is 2.42. The molecule has 10 nitrogen and oxygen atoms in total. The van der Waals surface area contributed by atoms with E-state index in [4.69, 9.17) is 14.2 Å². The first-order valence-electron chi connectivity index (χ1n) is 17.5. The Bertz CT molecular complexity index is 1050. The van der Waals surface area contributed by atoms with Gasteiger partial charge in [-0.05, 0) is 102 Å². The second kappa shape index (κ2) is 12.6. The lowest BCUT2D eigenvalue weighted by molar-refractivity contribution is -0.260. The van der Waals surface area contributed by atoms with E-state index in [2.05, 4.69) is 66.0 Å². The highest BCUT2D eigenvalue weighted by atomic mass is 16.6. The molecule has 2 atom stereocenters. The van der Waals surface area contributed by atoms with Gasteiger partial charge in [-0.15, -0.1) is 0 Å². The van der Waals surface area contributed by atoms with Crippen LogP contribution < -0.4 is 10.6 Å². The molecule has 4 aliphatic rings. The van der Waals surface area contributed by atoms with Gasteiger partial charge in [-0.2, -0.15) is 5.06 Å². The molecule has 3 N–H and O–H groups in total. The van der Waals surface area contributed by atoms with Crippen LogP contribution in [0.4, 0.5) is 0 Å². The Hall–Kier alpha value is -1.75. The summed E-state index contributed by atoms with van der Waals surface area (Å²) in [5, 5.41) is 19.3. The summed E-state index contributed by atoms with van der Waals surface area (Å²) in [6, 6.07) is 0. The van der Waals surface area contributed by atoms with Gasteiger partial charge in [-0.3, -0.25) is 14.4 Å². The fraction of sp³-hybridized carbons (Fsp3) is 0.917. The Morgan fingerprint density at radius 2 is 0.739 bits per heavy atom. The Balaban J connectivity index is 1.51. The first-order valence-corrected chi connectivity index (χ1v) is 17.5. The van der Waals surface area contributed by atoms with E-state index in [0.717, 1.165) is 0 Å². The van der Waals surface area contributed by atoms with E-state index < -0.39 is 40.9 Å². The molecule has 4 rings (SSSR count). The van der Waals surface area contributed by atoms with Crippen LogP contribution in [0.3, 0.4) is 0 Å². The largest absolute Gasteiger partial charge is 0.462 e. The smallest absolute Gasteiger partial charge is 0.309 e. The Kier molecular flexibility index (Phi) is 10.2. The maximum absolute atomic E-state index is 13.8. The van der Waals surface area contributed by atoms with Crippen molar-refractivity contribution in [2.75, 3.05) is 0 Å². The van der Waals surface area contributed by atoms with Crippen LogP contribution in [-0.4, -0.2) is 79.7 Å². The summed E-state index contributed by atoms with van der Waals surface area (Å²) in [5.74, 6) is -2.96. The maximum Gasteiger partial charge on any atom is 0.309 e. The van der Waals surface area contributed by atoms with Crippen molar-refractivity contribution in [2.45, 2.75) is 192 Å². The molecule has 4 fully saturated rings. The molecule has 3 heterocycles. The third kappa shape index (κ3) is 9.23. The minimum absolute atomic E-state index is 0.194. The average molecular weight is 650 g/mol. The number of carbonyl (C=O) groups excluding carboxylic acids is 3. The fourth-order valence-corrected chi connectivity index (χ4v) is 9.56. The van der Waals surface area contributed by atoms with Gasteiger partial charge in [0.2, 0.25) is 0 Å². The van der Waals surface area contributed by atoms with Gasteiger partial charge in [0, 0.05) is 71.8 Å². The zero-order valence-corrected chi connectivity index (χ0v) is 30.7. The van der Waals surface area contributed by atoms with Crippen molar-refractivity contribution >= 4 is 17.9 Å². The van der Waals surface area contributed by atoms with Gasteiger partial charge >= 0.3 is 17.9 Å². The lowest BCUT2D eigenvalue weighted by Crippen LogP contribution is -2.60. The summed E-state index contributed by atoms with van der Waals surface area (Å²) in [4.78, 5) is 41.4. The van der Waals surface area contributed by atoms with E-state index in [-0.39, 0.29) is 59.1 Å². The van der Waals surface area contributed by atoms with Crippen LogP contribution in [0.15, 0.2) is 0 Å². The van der Waals surface area contributed by atoms with Crippen molar-refractivity contribution in [3.63, 3.8) is 0 Å². The molecular weight excluding hydrogens is 586 g/mol. The summed E-state index contributed by atoms with van der Waals surface area (Å²) >= 11 is 0. The van der Waals surface area contributed by atoms with Crippen molar-refractivity contribution in [3.05, 3.63) is 0 Å². The van der Waals surface area contributed by atoms with Crippen LogP contribution in [-0.2, 0) is 28.6 Å². The summed E-state index contributed by atoms with van der Waals surface area (Å²) < 4.78 is 18.4. The van der Waals surface area contributed by atoms with Gasteiger partial charge in [-0.25, -0.2) is 0 Å². The fourth-order valence-electron chi connectivity index (χ4n) is 9.56. The van der Waals surface area contributed by atoms with Crippen molar-refractivity contribution in [1.82, 2.24) is 15.7 Å². The van der Waals surface area contributed by atoms with E-state index in [9.17, 15) is 19.6 Å². The van der Waals surface area contributed by atoms with E-state index in [0.29, 0.717) is 44.9 Å². The highest BCUT2D eigenvalue weighted by Gasteiger charge is 2.49. The van der Waals surface area contributed by atoms with Gasteiger partial charge in [0.15, 0.2) is 0 Å². The Labute approximate surface area is 277 Å². The van der Waals surface area contributed by atoms with Crippen LogP contribution >= 0.6 is 0 Å². The van der Waals surface area contributed by atoms with Crippen molar-refractivity contribution in [3.8, 4) is 0 Å². The molecule has 0 radical (unpaired) electrons. The normalized spacial score (nSPS) is 32.7. The lowest BCUT2D eigenvalue weighted by atomic mass is 9.74. The summed E-state index contributed by atoms with van der Waals surface area (Å²) in [6.45, 7) is 24.6. The number of rotatable bonds is 6. The zero-order valence-electron chi connectivity index (χ0n) is 30.7. The molecule has 46 heavy (non-hydrogen) atoms. The summed E-state index contributed by atoms with van der Waals surface area (Å²) in [6.07, 6.45) is 3.62. The van der Waals surface area contributed by atoms with Crippen molar-refractivity contribution in [2.24, 2.45) is 17.8 Å². The number of nitrogens with zero attached hydrogens (tertiary/aromatic N) is 1. The van der Waals surface area contributed by atoms with E-state index >= 15 is 0 Å². The summed E-state index contributed by atoms with van der Waals surface area (Å²) in [5.41, 5.74) is -1.93. The van der Waals surface area contributed by atoms with E-state index in [1.807, 2.05) is 27.7 Å². The predicted molar refractivity (Wildman–Crippen MR) is 176 cm³/mol. The first kappa shape index (κ1) is 37.1. The van der Waals surface area contributed by atoms with Crippen molar-refractivity contribution in [1.29, 1.82) is 0 Å². The number of hydrogen-bond donors (Lipinski definition) is 3. The highest BCUT2D eigenvalue weighted by molar-refractivity contribution is 5.80. The van der Waals surface area contributed by atoms with Crippen LogP contribution in [0, 0.1) is 17.8 Å². The monoisotopic (exact) mass is 649 g/mol. The number of ether oxygens (including phenoxy) is 3. The quantitative estimate of drug-likeness (QED) is 0.245. The molecule has 0 aromatic rings. The number of hydroxylamine groups is 2. The molecule has 1 aliphatic carbocycles. The van der Waals surface area contributed by atoms with E-state index in [1.165, 1.54) is 5.06 Å². The molecule has 0 bridgehead atoms. The van der Waals surface area contributed by atoms with Crippen LogP contribution in [0.2, 0.25) is 0 Å². The standard InChI is InChI=1S/C36H63N3O7/c1-31(2)16-25(17-32(3,4)37-31)44-28(40)22-13-23(29(41)45-26-18-33(5,6)38-34(7,8)19-26)15-24(14-22)30(42)46-27-20-35(9,10)39(43)36(11,12)21-27/h22-27,37-38,43H,13-21H2,1-12H3. The molecule has 10 heteroatoms. The molecular formula is C36H63N3O7. The molecule has 3 saturated heterocycles. The van der Waals surface area contributed by atoms with Crippen LogP contribution in [0.1, 0.15) is 141 Å². The molecule has 1 saturated carbocycles. The lowest BCUT2D eigenvalue weighted by Gasteiger charge is -2.51. The van der Waals surface area contributed by atoms with Gasteiger partial charge < -0.3 is 30.1 Å². The second-order valence-electron chi connectivity index (χ2n) is 18.9. The van der Waals surface area contributed by atoms with Crippen LogP contribution in [0.25, 0.3) is 0 Å². The molecule has 3 aliphatic heterocycles. The minimum Gasteiger partial charge on any atom is -0.462 e. The Morgan fingerprint density at radius 1 is 0.500 bits per heavy atom. The average Bonchev–Trinajstić information content (AvgIpc) is 2.82. The Morgan fingerprint density at radius 3 is 1.00 bits per heavy atom. The molecule has 0 aromatic carbocycles. The molecule has 2 unspecified atom stereocenters. The van der Waals surface area contributed by atoms with Crippen molar-refractivity contribution < 1.29 is 33.8 Å². The van der Waals surface area contributed by atoms with Gasteiger partial charge in [0.05, 0.1) is 17.8 Å². The van der Waals surface area contributed by atoms with Gasteiger partial charge in [-0.1, -0.05) is 0 Å². The number of esters is 3. The molecule has 0 amide bonds. The number of carbonyl (C=O) groups is 3. The number of nitrogens with one attached hydrogen (secondary N) is 2. The van der Waals surface area contributed by atoms with Crippen LogP contribution in [0.5, 0.6) is 0 Å². The third-order valence-corrected chi connectivity index (χ3v) is 10.5. The third-order valence-electron chi connectivity index (χ3n) is 10.5. The zero-order chi connectivity index (χ0) is 34.7. The minimum atomic E-state index is -0.635. The molecule has 0 aromatic heterocycles. The topological polar surface area (TPSA) is 126 Å².